The molecule has 0 radical (unpaired) electrons. The third-order valence-corrected chi connectivity index (χ3v) is 5.10. The lowest BCUT2D eigenvalue weighted by Gasteiger charge is -2.05. The van der Waals surface area contributed by atoms with E-state index in [-0.39, 0.29) is 28.4 Å². The van der Waals surface area contributed by atoms with Crippen LogP contribution in [0.3, 0.4) is 0 Å². The van der Waals surface area contributed by atoms with Crippen LogP contribution in [-0.2, 0) is 27.5 Å². The zero-order chi connectivity index (χ0) is 21.1. The molecule has 0 aliphatic carbocycles. The second-order valence-electron chi connectivity index (χ2n) is 5.98. The third kappa shape index (κ3) is 4.82. The maximum atomic E-state index is 12.2. The summed E-state index contributed by atoms with van der Waals surface area (Å²) < 4.78 is 44.5. The van der Waals surface area contributed by atoms with Crippen LogP contribution in [0.1, 0.15) is 25.8 Å². The van der Waals surface area contributed by atoms with Crippen LogP contribution in [0.2, 0.25) is 0 Å². The Kier molecular flexibility index (Phi) is 6.69. The molecule has 0 amide bonds. The number of hydrogen-bond donors (Lipinski definition) is 3. The molecule has 152 valence electrons. The van der Waals surface area contributed by atoms with Gasteiger partial charge in [-0.2, -0.15) is 9.97 Å². The Balaban J connectivity index is 0.000000878. The maximum Gasteiger partial charge on any atom is 0.328 e. The van der Waals surface area contributed by atoms with E-state index in [0.29, 0.717) is 5.56 Å². The van der Waals surface area contributed by atoms with E-state index in [4.69, 9.17) is 10.3 Å². The predicted molar refractivity (Wildman–Crippen MR) is 106 cm³/mol. The number of anilines is 1. The summed E-state index contributed by atoms with van der Waals surface area (Å²) in [5.74, 6) is -0.120. The van der Waals surface area contributed by atoms with Crippen LogP contribution < -0.4 is 11.4 Å². The van der Waals surface area contributed by atoms with Gasteiger partial charge < -0.3 is 10.7 Å². The molecule has 12 heteroatoms. The first-order chi connectivity index (χ1) is 13.1. The zero-order valence-electron chi connectivity index (χ0n) is 15.5. The molecule has 0 saturated carbocycles. The van der Waals surface area contributed by atoms with Gasteiger partial charge in [0.2, 0.25) is 11.1 Å². The summed E-state index contributed by atoms with van der Waals surface area (Å²) in [5.41, 5.74) is 6.05. The smallest absolute Gasteiger partial charge is 0.328 e. The Morgan fingerprint density at radius 1 is 1.21 bits per heavy atom. The van der Waals surface area contributed by atoms with Crippen molar-refractivity contribution in [3.8, 4) is 0 Å². The largest absolute Gasteiger partial charge is 0.382 e. The molecule has 0 saturated heterocycles. The lowest BCUT2D eigenvalue weighted by Crippen LogP contribution is -2.18. The number of fused-ring (bicyclic) bond motifs is 1. The van der Waals surface area contributed by atoms with Gasteiger partial charge in [-0.1, -0.05) is 32.4 Å². The molecule has 10 nitrogen and oxygen atoms in total. The molecule has 1 atom stereocenters. The fourth-order valence-electron chi connectivity index (χ4n) is 2.28. The number of rotatable bonds is 4. The summed E-state index contributed by atoms with van der Waals surface area (Å²) >= 11 is -2.45. The van der Waals surface area contributed by atoms with Gasteiger partial charge in [0.05, 0.1) is 11.4 Å². The number of aromatic nitrogens is 4. The van der Waals surface area contributed by atoms with Crippen molar-refractivity contribution in [1.82, 2.24) is 19.5 Å². The number of benzene rings is 1. The molecule has 2 heterocycles. The van der Waals surface area contributed by atoms with Crippen molar-refractivity contribution in [3.05, 3.63) is 40.3 Å². The van der Waals surface area contributed by atoms with Crippen LogP contribution in [-0.4, -0.2) is 43.0 Å². The minimum atomic E-state index is -3.32. The summed E-state index contributed by atoms with van der Waals surface area (Å²) in [4.78, 5) is 22.4. The summed E-state index contributed by atoms with van der Waals surface area (Å²) in [6.07, 6.45) is 2.35. The van der Waals surface area contributed by atoms with E-state index >= 15 is 0 Å². The van der Waals surface area contributed by atoms with Gasteiger partial charge in [-0.15, -0.1) is 0 Å². The zero-order valence-corrected chi connectivity index (χ0v) is 17.2. The van der Waals surface area contributed by atoms with Crippen molar-refractivity contribution in [3.63, 3.8) is 0 Å². The quantitative estimate of drug-likeness (QED) is 0.413. The van der Waals surface area contributed by atoms with Gasteiger partial charge in [0.15, 0.2) is 21.3 Å². The highest BCUT2D eigenvalue weighted by Crippen LogP contribution is 2.17. The second kappa shape index (κ2) is 8.63. The van der Waals surface area contributed by atoms with Crippen molar-refractivity contribution in [2.45, 2.75) is 36.9 Å². The Hall–Kier alpha value is -2.57. The first-order valence-corrected chi connectivity index (χ1v) is 11.2. The molecule has 1 aromatic carbocycles. The average molecular weight is 428 g/mol. The lowest BCUT2D eigenvalue weighted by atomic mass is 10.2. The molecular formula is C16H21N5O5S2. The molecule has 0 spiro atoms. The second-order valence-corrected chi connectivity index (χ2v) is 8.86. The molecule has 1 unspecified atom stereocenters. The Labute approximate surface area is 164 Å². The Bertz CT molecular complexity index is 1170. The number of hydrogen-bond acceptors (Lipinski definition) is 7. The van der Waals surface area contributed by atoms with E-state index < -0.39 is 31.8 Å². The summed E-state index contributed by atoms with van der Waals surface area (Å²) in [5, 5.41) is -0.412. The summed E-state index contributed by atoms with van der Waals surface area (Å²) in [6, 6.07) is 6.00. The normalized spacial score (nSPS) is 12.4. The van der Waals surface area contributed by atoms with Crippen LogP contribution >= 0.6 is 0 Å². The van der Waals surface area contributed by atoms with Gasteiger partial charge >= 0.3 is 5.69 Å². The number of H-pyrrole nitrogens is 1. The number of nitrogens with zero attached hydrogens (tertiary/aromatic N) is 3. The molecule has 3 rings (SSSR count). The number of nitrogens with two attached hydrogens (primary N) is 1. The van der Waals surface area contributed by atoms with Crippen LogP contribution in [0.4, 0.5) is 5.82 Å². The van der Waals surface area contributed by atoms with Crippen molar-refractivity contribution < 1.29 is 17.2 Å². The molecule has 4 N–H and O–H groups in total. The summed E-state index contributed by atoms with van der Waals surface area (Å²) in [6.45, 7) is 4.32. The number of nitrogens with one attached hydrogen (secondary N) is 1. The number of sulfone groups is 1. The monoisotopic (exact) mass is 427 g/mol. The Morgan fingerprint density at radius 2 is 1.79 bits per heavy atom. The van der Waals surface area contributed by atoms with E-state index in [1.165, 1.54) is 23.1 Å². The highest BCUT2D eigenvalue weighted by molar-refractivity contribution is 7.90. The SMILES string of the molecule is CCC.CS(=O)(=O)c1ccc(Cn2c(=O)[nH]c3c(N)nc(S(=O)O)nc32)cc1. The average Bonchev–Trinajstić information content (AvgIpc) is 2.92. The van der Waals surface area contributed by atoms with Crippen molar-refractivity contribution in [1.29, 1.82) is 0 Å². The molecular weight excluding hydrogens is 406 g/mol. The Morgan fingerprint density at radius 3 is 2.29 bits per heavy atom. The van der Waals surface area contributed by atoms with Crippen molar-refractivity contribution in [2.75, 3.05) is 12.0 Å². The predicted octanol–water partition coefficient (Wildman–Crippen LogP) is 1.15. The highest BCUT2D eigenvalue weighted by atomic mass is 32.2. The fourth-order valence-corrected chi connectivity index (χ4v) is 3.25. The molecule has 0 bridgehead atoms. The maximum absolute atomic E-state index is 12.2. The van der Waals surface area contributed by atoms with Crippen LogP contribution in [0.15, 0.2) is 39.1 Å². The van der Waals surface area contributed by atoms with Crippen LogP contribution in [0, 0.1) is 0 Å². The minimum absolute atomic E-state index is 0.0663. The highest BCUT2D eigenvalue weighted by Gasteiger charge is 2.16. The minimum Gasteiger partial charge on any atom is -0.382 e. The fraction of sp³-hybridized carbons (Fsp3) is 0.312. The number of aromatic amines is 1. The number of nitrogen functional groups attached to an aromatic ring is 1. The molecule has 0 fully saturated rings. The molecule has 0 aliphatic heterocycles. The third-order valence-electron chi connectivity index (χ3n) is 3.48. The topological polar surface area (TPSA) is 161 Å². The van der Waals surface area contributed by atoms with Gasteiger partial charge in [0, 0.05) is 6.26 Å². The van der Waals surface area contributed by atoms with Crippen molar-refractivity contribution in [2.24, 2.45) is 0 Å². The van der Waals surface area contributed by atoms with Crippen LogP contribution in [0.5, 0.6) is 0 Å². The first kappa shape index (κ1) is 21.7. The standard InChI is InChI=1S/C13H13N5O5S2.C3H8/c1-25(22,23)8-4-2-7(3-5-8)6-18-11-9(15-13(18)19)10(14)16-12(17-11)24(20)21;1-3-2/h2-5H,6H2,1H3,(H,15,19)(H,20,21)(H2,14,16,17);3H2,1-2H3. The van der Waals surface area contributed by atoms with E-state index in [2.05, 4.69) is 28.8 Å². The molecule has 28 heavy (non-hydrogen) atoms. The van der Waals surface area contributed by atoms with Gasteiger partial charge in [0.1, 0.15) is 5.52 Å². The molecule has 3 aromatic rings. The van der Waals surface area contributed by atoms with Crippen molar-refractivity contribution >= 4 is 37.9 Å². The van der Waals surface area contributed by atoms with E-state index in [1.807, 2.05) is 0 Å². The van der Waals surface area contributed by atoms with E-state index in [9.17, 15) is 17.4 Å². The van der Waals surface area contributed by atoms with E-state index in [1.54, 1.807) is 12.1 Å². The first-order valence-electron chi connectivity index (χ1n) is 8.24. The van der Waals surface area contributed by atoms with Gasteiger partial charge in [0.25, 0.3) is 5.16 Å². The van der Waals surface area contributed by atoms with Gasteiger partial charge in [-0.25, -0.2) is 17.4 Å². The lowest BCUT2D eigenvalue weighted by molar-refractivity contribution is 0.555. The molecule has 0 aliphatic rings. The van der Waals surface area contributed by atoms with Crippen LogP contribution in [0.25, 0.3) is 11.2 Å². The summed E-state index contributed by atoms with van der Waals surface area (Å²) in [7, 11) is -3.32. The number of imidazole rings is 1. The van der Waals surface area contributed by atoms with E-state index in [0.717, 1.165) is 6.26 Å². The van der Waals surface area contributed by atoms with Gasteiger partial charge in [-0.05, 0) is 17.7 Å². The van der Waals surface area contributed by atoms with Gasteiger partial charge in [-0.3, -0.25) is 9.12 Å². The molecule has 2 aromatic heterocycles.